The van der Waals surface area contributed by atoms with E-state index in [4.69, 9.17) is 0 Å². The molecule has 0 N–H and O–H groups in total. The van der Waals surface area contributed by atoms with Gasteiger partial charge in [-0.25, -0.2) is 9.78 Å². The maximum Gasteiger partial charge on any atom is 0.437 e. The van der Waals surface area contributed by atoms with Gasteiger partial charge in [0.25, 0.3) is 11.5 Å². The quantitative estimate of drug-likeness (QED) is 0.483. The zero-order valence-electron chi connectivity index (χ0n) is 11.4. The minimum Gasteiger partial charge on any atom is -0.463 e. The van der Waals surface area contributed by atoms with Crippen LogP contribution in [0.1, 0.15) is 16.3 Å². The lowest BCUT2D eigenvalue weighted by Gasteiger charge is -2.10. The van der Waals surface area contributed by atoms with E-state index in [2.05, 4.69) is 19.9 Å². The highest BCUT2D eigenvalue weighted by molar-refractivity contribution is 5.85. The first-order valence-corrected chi connectivity index (χ1v) is 5.89. The van der Waals surface area contributed by atoms with Crippen LogP contribution in [0.5, 0.6) is 0 Å². The van der Waals surface area contributed by atoms with E-state index < -0.39 is 34.3 Å². The van der Waals surface area contributed by atoms with Crippen molar-refractivity contribution in [2.45, 2.75) is 6.18 Å². The molecule has 0 aliphatic rings. The van der Waals surface area contributed by atoms with Crippen molar-refractivity contribution in [3.63, 3.8) is 0 Å². The van der Waals surface area contributed by atoms with Crippen LogP contribution in [0.15, 0.2) is 24.3 Å². The lowest BCUT2D eigenvalue weighted by Crippen LogP contribution is -2.17. The largest absolute Gasteiger partial charge is 0.463 e. The highest BCUT2D eigenvalue weighted by Crippen LogP contribution is 2.34. The van der Waals surface area contributed by atoms with Gasteiger partial charge in [-0.1, -0.05) is 0 Å². The molecule has 0 saturated carbocycles. The predicted molar refractivity (Wildman–Crippen MR) is 68.3 cm³/mol. The number of hydrogen-bond donors (Lipinski definition) is 0. The van der Waals surface area contributed by atoms with E-state index in [-0.39, 0.29) is 11.3 Å². The number of rotatable bonds is 3. The van der Waals surface area contributed by atoms with Crippen molar-refractivity contribution in [1.29, 1.82) is 0 Å². The highest BCUT2D eigenvalue weighted by Gasteiger charge is 2.38. The Morgan fingerprint density at radius 2 is 1.83 bits per heavy atom. The van der Waals surface area contributed by atoms with Gasteiger partial charge in [0.2, 0.25) is 0 Å². The second kappa shape index (κ2) is 5.94. The molecule has 2 rings (SSSR count). The zero-order chi connectivity index (χ0) is 17.2. The van der Waals surface area contributed by atoms with Gasteiger partial charge in [0.15, 0.2) is 5.69 Å². The first kappa shape index (κ1) is 16.3. The third kappa shape index (κ3) is 3.39. The number of carbonyl (C=O) groups is 1. The number of hydrogen-bond acceptors (Lipinski definition) is 7. The van der Waals surface area contributed by atoms with Crippen LogP contribution in [0.4, 0.5) is 18.9 Å². The summed E-state index contributed by atoms with van der Waals surface area (Å²) in [5, 5.41) is 16.6. The minimum absolute atomic E-state index is 0.108. The Morgan fingerprint density at radius 1 is 1.22 bits per heavy atom. The van der Waals surface area contributed by atoms with Crippen LogP contribution in [0.3, 0.4) is 0 Å². The fourth-order valence-electron chi connectivity index (χ4n) is 1.64. The normalized spacial score (nSPS) is 11.1. The second-order valence-electron chi connectivity index (χ2n) is 4.13. The highest BCUT2D eigenvalue weighted by atomic mass is 19.4. The van der Waals surface area contributed by atoms with Crippen molar-refractivity contribution in [2.75, 3.05) is 7.11 Å². The summed E-state index contributed by atoms with van der Waals surface area (Å²) < 4.78 is 43.3. The standard InChI is InChI=1S/C12H7F3N4O4/c1-23-11(20)10-16-8(9(17-18-10)12(13,14)15)6-2-4-7(5-3-6)19(21)22/h2-5H,1H3. The van der Waals surface area contributed by atoms with Gasteiger partial charge in [0.1, 0.15) is 5.69 Å². The lowest BCUT2D eigenvalue weighted by molar-refractivity contribution is -0.384. The third-order valence-electron chi connectivity index (χ3n) is 2.67. The van der Waals surface area contributed by atoms with Crippen LogP contribution in [-0.4, -0.2) is 33.2 Å². The molecule has 0 unspecified atom stereocenters. The van der Waals surface area contributed by atoms with E-state index in [1.807, 2.05) is 0 Å². The number of nitrogens with zero attached hydrogens (tertiary/aromatic N) is 4. The van der Waals surface area contributed by atoms with Crippen LogP contribution in [-0.2, 0) is 10.9 Å². The molecular formula is C12H7F3N4O4. The number of methoxy groups -OCH3 is 1. The van der Waals surface area contributed by atoms with Crippen molar-refractivity contribution in [1.82, 2.24) is 15.2 Å². The molecule has 1 aromatic heterocycles. The van der Waals surface area contributed by atoms with Crippen LogP contribution >= 0.6 is 0 Å². The van der Waals surface area contributed by atoms with E-state index in [9.17, 15) is 28.1 Å². The molecule has 0 aliphatic heterocycles. The molecule has 120 valence electrons. The maximum atomic E-state index is 13.0. The first-order chi connectivity index (χ1) is 10.7. The molecule has 23 heavy (non-hydrogen) atoms. The molecule has 11 heteroatoms. The Kier molecular flexibility index (Phi) is 4.20. The Hall–Kier alpha value is -3.11. The summed E-state index contributed by atoms with van der Waals surface area (Å²) in [7, 11) is 1.01. The fraction of sp³-hybridized carbons (Fsp3) is 0.167. The molecule has 0 radical (unpaired) electrons. The smallest absolute Gasteiger partial charge is 0.437 e. The van der Waals surface area contributed by atoms with Crippen molar-refractivity contribution in [3.8, 4) is 11.3 Å². The maximum absolute atomic E-state index is 13.0. The number of ether oxygens (including phenoxy) is 1. The SMILES string of the molecule is COC(=O)c1nnc(C(F)(F)F)c(-c2ccc([N+](=O)[O-])cc2)n1. The number of aromatic nitrogens is 3. The lowest BCUT2D eigenvalue weighted by atomic mass is 10.1. The summed E-state index contributed by atoms with van der Waals surface area (Å²) in [5.41, 5.74) is -2.51. The summed E-state index contributed by atoms with van der Waals surface area (Å²) >= 11 is 0. The van der Waals surface area contributed by atoms with E-state index >= 15 is 0 Å². The van der Waals surface area contributed by atoms with Crippen molar-refractivity contribution in [3.05, 3.63) is 45.9 Å². The van der Waals surface area contributed by atoms with E-state index in [1.54, 1.807) is 0 Å². The Bertz CT molecular complexity index is 762. The average Bonchev–Trinajstić information content (AvgIpc) is 2.52. The second-order valence-corrected chi connectivity index (χ2v) is 4.13. The molecule has 2 aromatic rings. The summed E-state index contributed by atoms with van der Waals surface area (Å²) in [6.45, 7) is 0. The Morgan fingerprint density at radius 3 is 2.30 bits per heavy atom. The summed E-state index contributed by atoms with van der Waals surface area (Å²) in [4.78, 5) is 24.7. The predicted octanol–water partition coefficient (Wildman–Crippen LogP) is 2.25. The summed E-state index contributed by atoms with van der Waals surface area (Å²) in [6.07, 6.45) is -4.87. The molecule has 0 amide bonds. The molecule has 0 spiro atoms. The number of halogens is 3. The number of esters is 1. The van der Waals surface area contributed by atoms with Crippen molar-refractivity contribution < 1.29 is 27.6 Å². The average molecular weight is 328 g/mol. The molecule has 1 aromatic carbocycles. The van der Waals surface area contributed by atoms with Gasteiger partial charge in [-0.2, -0.15) is 13.2 Å². The van der Waals surface area contributed by atoms with Gasteiger partial charge < -0.3 is 4.74 Å². The van der Waals surface area contributed by atoms with Gasteiger partial charge in [-0.05, 0) is 12.1 Å². The summed E-state index contributed by atoms with van der Waals surface area (Å²) in [5.74, 6) is -1.72. The minimum atomic E-state index is -4.87. The molecular weight excluding hydrogens is 321 g/mol. The van der Waals surface area contributed by atoms with Gasteiger partial charge in [0, 0.05) is 17.7 Å². The number of non-ortho nitro benzene ring substituents is 1. The molecule has 0 saturated heterocycles. The van der Waals surface area contributed by atoms with E-state index in [0.717, 1.165) is 31.4 Å². The van der Waals surface area contributed by atoms with Crippen molar-refractivity contribution in [2.24, 2.45) is 0 Å². The molecule has 0 bridgehead atoms. The van der Waals surface area contributed by atoms with E-state index in [0.29, 0.717) is 0 Å². The van der Waals surface area contributed by atoms with Crippen LogP contribution in [0, 0.1) is 10.1 Å². The number of benzene rings is 1. The molecule has 1 heterocycles. The van der Waals surface area contributed by atoms with Gasteiger partial charge in [-0.3, -0.25) is 10.1 Å². The Balaban J connectivity index is 2.61. The third-order valence-corrected chi connectivity index (χ3v) is 2.67. The number of carbonyl (C=O) groups excluding carboxylic acids is 1. The van der Waals surface area contributed by atoms with Gasteiger partial charge >= 0.3 is 12.1 Å². The molecule has 0 atom stereocenters. The van der Waals surface area contributed by atoms with Crippen LogP contribution in [0.25, 0.3) is 11.3 Å². The fourth-order valence-corrected chi connectivity index (χ4v) is 1.64. The van der Waals surface area contributed by atoms with Crippen molar-refractivity contribution >= 4 is 11.7 Å². The summed E-state index contributed by atoms with van der Waals surface area (Å²) in [6, 6.07) is 4.15. The van der Waals surface area contributed by atoms with Crippen LogP contribution in [0.2, 0.25) is 0 Å². The topological polar surface area (TPSA) is 108 Å². The molecule has 0 fully saturated rings. The zero-order valence-corrected chi connectivity index (χ0v) is 11.4. The molecule has 0 aliphatic carbocycles. The number of alkyl halides is 3. The van der Waals surface area contributed by atoms with Gasteiger partial charge in [0.05, 0.1) is 12.0 Å². The number of nitro benzene ring substituents is 1. The number of nitro groups is 1. The van der Waals surface area contributed by atoms with E-state index in [1.165, 1.54) is 0 Å². The Labute approximate surface area is 126 Å². The monoisotopic (exact) mass is 328 g/mol. The first-order valence-electron chi connectivity index (χ1n) is 5.89. The molecule has 8 nitrogen and oxygen atoms in total. The van der Waals surface area contributed by atoms with Crippen LogP contribution < -0.4 is 0 Å². The van der Waals surface area contributed by atoms with Gasteiger partial charge in [-0.15, -0.1) is 10.2 Å².